The van der Waals surface area contributed by atoms with Gasteiger partial charge in [0.1, 0.15) is 17.8 Å². The Balaban J connectivity index is 1.53. The topological polar surface area (TPSA) is 98.3 Å². The van der Waals surface area contributed by atoms with Gasteiger partial charge in [-0.1, -0.05) is 39.8 Å². The molecule has 0 aliphatic heterocycles. The smallest absolute Gasteiger partial charge is 0.292 e. The molecule has 0 spiro atoms. The summed E-state index contributed by atoms with van der Waals surface area (Å²) in [6.07, 6.45) is 4.02. The highest BCUT2D eigenvalue weighted by Crippen LogP contribution is 2.46. The standard InChI is InChI=1S/C26H29N3O4/c1-16-12-20-21(26(4,5)11-10-25(20,2)3)14-17(16)13-19-7-8-22(33-19)24(30)28-23-9-6-18(15-27-23)29(31)32/h6-9,12,14-15H,10-11,13H2,1-5H3,(H,27,28,30). The second-order valence-corrected chi connectivity index (χ2v) is 10.1. The van der Waals surface area contributed by atoms with Gasteiger partial charge >= 0.3 is 0 Å². The summed E-state index contributed by atoms with van der Waals surface area (Å²) in [7, 11) is 0. The third-order valence-electron chi connectivity index (χ3n) is 6.76. The van der Waals surface area contributed by atoms with Crippen LogP contribution < -0.4 is 5.32 Å². The third kappa shape index (κ3) is 4.53. The molecule has 0 radical (unpaired) electrons. The van der Waals surface area contributed by atoms with Crippen LogP contribution in [0.25, 0.3) is 0 Å². The number of benzene rings is 1. The highest BCUT2D eigenvalue weighted by atomic mass is 16.6. The van der Waals surface area contributed by atoms with Crippen molar-refractivity contribution in [2.75, 3.05) is 5.32 Å². The number of fused-ring (bicyclic) bond motifs is 1. The van der Waals surface area contributed by atoms with E-state index in [1.807, 2.05) is 6.07 Å². The number of aromatic nitrogens is 1. The number of pyridine rings is 1. The van der Waals surface area contributed by atoms with E-state index in [-0.39, 0.29) is 28.1 Å². The van der Waals surface area contributed by atoms with E-state index in [1.54, 1.807) is 6.07 Å². The molecule has 1 N–H and O–H groups in total. The van der Waals surface area contributed by atoms with Gasteiger partial charge in [-0.15, -0.1) is 0 Å². The number of hydrogen-bond acceptors (Lipinski definition) is 5. The molecule has 0 unspecified atom stereocenters. The van der Waals surface area contributed by atoms with Crippen molar-refractivity contribution in [2.24, 2.45) is 0 Å². The Bertz CT molecular complexity index is 1220. The summed E-state index contributed by atoms with van der Waals surface area (Å²) in [6, 6.07) is 10.8. The van der Waals surface area contributed by atoms with Crippen LogP contribution in [0.1, 0.15) is 79.1 Å². The van der Waals surface area contributed by atoms with Crippen molar-refractivity contribution in [1.29, 1.82) is 0 Å². The zero-order valence-corrected chi connectivity index (χ0v) is 19.7. The first kappa shape index (κ1) is 22.7. The Morgan fingerprint density at radius 1 is 1.09 bits per heavy atom. The molecule has 7 nitrogen and oxygen atoms in total. The SMILES string of the molecule is Cc1cc2c(cc1Cc1ccc(C(=O)Nc3ccc([N+](=O)[O-])cn3)o1)C(C)(C)CCC2(C)C. The lowest BCUT2D eigenvalue weighted by atomic mass is 9.62. The summed E-state index contributed by atoms with van der Waals surface area (Å²) in [4.78, 5) is 26.6. The second kappa shape index (κ2) is 8.14. The van der Waals surface area contributed by atoms with Crippen LogP contribution in [0.4, 0.5) is 11.5 Å². The Labute approximate surface area is 193 Å². The monoisotopic (exact) mass is 447 g/mol. The number of furan rings is 1. The highest BCUT2D eigenvalue weighted by Gasteiger charge is 2.37. The average Bonchev–Trinajstić information content (AvgIpc) is 3.22. The molecular formula is C26H29N3O4. The molecule has 2 heterocycles. The number of nitro groups is 1. The lowest BCUT2D eigenvalue weighted by molar-refractivity contribution is -0.385. The van der Waals surface area contributed by atoms with Gasteiger partial charge in [-0.2, -0.15) is 0 Å². The Morgan fingerprint density at radius 3 is 2.36 bits per heavy atom. The van der Waals surface area contributed by atoms with Crippen molar-refractivity contribution < 1.29 is 14.1 Å². The molecule has 2 aromatic heterocycles. The van der Waals surface area contributed by atoms with Gasteiger partial charge in [-0.05, 0) is 71.0 Å². The van der Waals surface area contributed by atoms with Gasteiger partial charge in [0.05, 0.1) is 4.92 Å². The minimum atomic E-state index is -0.539. The maximum absolute atomic E-state index is 12.5. The number of aryl methyl sites for hydroxylation is 1. The molecule has 0 saturated heterocycles. The fourth-order valence-corrected chi connectivity index (χ4v) is 4.49. The fourth-order valence-electron chi connectivity index (χ4n) is 4.49. The molecule has 33 heavy (non-hydrogen) atoms. The van der Waals surface area contributed by atoms with Crippen molar-refractivity contribution >= 4 is 17.4 Å². The predicted molar refractivity (Wildman–Crippen MR) is 127 cm³/mol. The largest absolute Gasteiger partial charge is 0.456 e. The molecule has 7 heteroatoms. The number of carbonyl (C=O) groups is 1. The summed E-state index contributed by atoms with van der Waals surface area (Å²) >= 11 is 0. The average molecular weight is 448 g/mol. The van der Waals surface area contributed by atoms with Crippen LogP contribution in [-0.2, 0) is 17.3 Å². The van der Waals surface area contributed by atoms with Crippen LogP contribution in [0.5, 0.6) is 0 Å². The minimum absolute atomic E-state index is 0.124. The van der Waals surface area contributed by atoms with Crippen molar-refractivity contribution in [1.82, 2.24) is 4.98 Å². The lowest BCUT2D eigenvalue weighted by Crippen LogP contribution is -2.34. The molecule has 0 bridgehead atoms. The maximum atomic E-state index is 12.5. The van der Waals surface area contributed by atoms with Crippen LogP contribution in [-0.4, -0.2) is 15.8 Å². The summed E-state index contributed by atoms with van der Waals surface area (Å²) in [5.74, 6) is 0.640. The van der Waals surface area contributed by atoms with E-state index in [2.05, 4.69) is 57.1 Å². The van der Waals surface area contributed by atoms with E-state index in [0.717, 1.165) is 12.6 Å². The molecule has 3 aromatic rings. The molecule has 0 saturated carbocycles. The number of hydrogen-bond donors (Lipinski definition) is 1. The molecule has 1 aromatic carbocycles. The summed E-state index contributed by atoms with van der Waals surface area (Å²) in [6.45, 7) is 11.4. The Morgan fingerprint density at radius 2 is 1.76 bits per heavy atom. The van der Waals surface area contributed by atoms with E-state index in [9.17, 15) is 14.9 Å². The molecule has 0 atom stereocenters. The first-order chi connectivity index (χ1) is 15.5. The summed E-state index contributed by atoms with van der Waals surface area (Å²) in [5.41, 5.74) is 5.38. The van der Waals surface area contributed by atoms with Crippen molar-refractivity contribution in [2.45, 2.75) is 64.7 Å². The molecule has 4 rings (SSSR count). The fraction of sp³-hybridized carbons (Fsp3) is 0.385. The first-order valence-corrected chi connectivity index (χ1v) is 11.1. The van der Waals surface area contributed by atoms with E-state index in [4.69, 9.17) is 4.42 Å². The normalized spacial score (nSPS) is 16.2. The number of anilines is 1. The van der Waals surface area contributed by atoms with Crippen molar-refractivity contribution in [3.8, 4) is 0 Å². The number of nitrogens with zero attached hydrogens (tertiary/aromatic N) is 2. The van der Waals surface area contributed by atoms with Crippen LogP contribution in [0.3, 0.4) is 0 Å². The van der Waals surface area contributed by atoms with E-state index in [0.29, 0.717) is 12.2 Å². The lowest BCUT2D eigenvalue weighted by Gasteiger charge is -2.42. The van der Waals surface area contributed by atoms with E-state index < -0.39 is 10.8 Å². The minimum Gasteiger partial charge on any atom is -0.456 e. The number of amides is 1. The highest BCUT2D eigenvalue weighted by molar-refractivity contribution is 6.01. The van der Waals surface area contributed by atoms with Crippen LogP contribution in [0, 0.1) is 17.0 Å². The van der Waals surface area contributed by atoms with Gasteiger partial charge in [0.2, 0.25) is 0 Å². The molecule has 1 aliphatic carbocycles. The van der Waals surface area contributed by atoms with Gasteiger partial charge in [-0.25, -0.2) is 4.98 Å². The first-order valence-electron chi connectivity index (χ1n) is 11.1. The van der Waals surface area contributed by atoms with Gasteiger partial charge in [-0.3, -0.25) is 14.9 Å². The van der Waals surface area contributed by atoms with Gasteiger partial charge in [0.25, 0.3) is 11.6 Å². The second-order valence-electron chi connectivity index (χ2n) is 10.1. The van der Waals surface area contributed by atoms with Crippen molar-refractivity contribution in [3.05, 3.63) is 86.5 Å². The number of rotatable bonds is 5. The van der Waals surface area contributed by atoms with E-state index in [1.165, 1.54) is 40.8 Å². The van der Waals surface area contributed by atoms with Crippen LogP contribution in [0.2, 0.25) is 0 Å². The molecule has 1 aliphatic rings. The Kier molecular flexibility index (Phi) is 5.60. The number of carbonyl (C=O) groups excluding carboxylic acids is 1. The predicted octanol–water partition coefficient (Wildman–Crippen LogP) is 6.08. The molecular weight excluding hydrogens is 418 g/mol. The molecule has 1 amide bonds. The Hall–Kier alpha value is -3.48. The van der Waals surface area contributed by atoms with Crippen molar-refractivity contribution in [3.63, 3.8) is 0 Å². The molecule has 172 valence electrons. The molecule has 0 fully saturated rings. The van der Waals surface area contributed by atoms with Gasteiger partial charge in [0.15, 0.2) is 5.76 Å². The quantitative estimate of drug-likeness (QED) is 0.377. The zero-order valence-electron chi connectivity index (χ0n) is 19.7. The van der Waals surface area contributed by atoms with Crippen LogP contribution in [0.15, 0.2) is 47.0 Å². The van der Waals surface area contributed by atoms with Gasteiger partial charge in [0, 0.05) is 12.5 Å². The third-order valence-corrected chi connectivity index (χ3v) is 6.76. The maximum Gasteiger partial charge on any atom is 0.292 e. The number of nitrogens with one attached hydrogen (secondary N) is 1. The summed E-state index contributed by atoms with van der Waals surface area (Å²) < 4.78 is 5.83. The summed E-state index contributed by atoms with van der Waals surface area (Å²) in [5, 5.41) is 13.3. The zero-order chi connectivity index (χ0) is 24.0. The van der Waals surface area contributed by atoms with E-state index >= 15 is 0 Å². The van der Waals surface area contributed by atoms with Gasteiger partial charge < -0.3 is 9.73 Å². The van der Waals surface area contributed by atoms with Crippen LogP contribution >= 0.6 is 0 Å².